The third-order valence-corrected chi connectivity index (χ3v) is 7.88. The van der Waals surface area contributed by atoms with Crippen molar-refractivity contribution in [2.45, 2.75) is 0 Å². The van der Waals surface area contributed by atoms with E-state index in [-0.39, 0.29) is 0 Å². The second-order valence-corrected chi connectivity index (χ2v) is 10.3. The Hall–Kier alpha value is -5.54. The van der Waals surface area contributed by atoms with E-state index in [1.54, 1.807) is 0 Å². The van der Waals surface area contributed by atoms with Crippen LogP contribution in [-0.4, -0.2) is 14.5 Å². The molecule has 0 fully saturated rings. The molecule has 3 nitrogen and oxygen atoms in total. The third-order valence-electron chi connectivity index (χ3n) is 7.88. The summed E-state index contributed by atoms with van der Waals surface area (Å²) >= 11 is 0. The smallest absolute Gasteiger partial charge is 0.145 e. The molecule has 6 aromatic carbocycles. The van der Waals surface area contributed by atoms with Crippen molar-refractivity contribution in [2.75, 3.05) is 0 Å². The molecule has 0 amide bonds. The number of hydrogen-bond donors (Lipinski definition) is 0. The molecule has 0 unspecified atom stereocenters. The van der Waals surface area contributed by atoms with Gasteiger partial charge in [0.1, 0.15) is 5.82 Å². The molecule has 2 heterocycles. The fraction of sp³-hybridized carbons (Fsp3) is 0. The van der Waals surface area contributed by atoms with Gasteiger partial charge in [-0.05, 0) is 63.4 Å². The monoisotopic (exact) mass is 523 g/mol. The number of benzene rings is 6. The molecule has 0 atom stereocenters. The summed E-state index contributed by atoms with van der Waals surface area (Å²) in [5, 5.41) is 4.81. The highest BCUT2D eigenvalue weighted by molar-refractivity contribution is 6.19. The van der Waals surface area contributed by atoms with E-state index in [0.29, 0.717) is 0 Å². The lowest BCUT2D eigenvalue weighted by Gasteiger charge is -2.20. The maximum atomic E-state index is 5.16. The summed E-state index contributed by atoms with van der Waals surface area (Å²) in [6, 6.07) is 49.4. The van der Waals surface area contributed by atoms with Gasteiger partial charge in [-0.15, -0.1) is 0 Å². The summed E-state index contributed by atoms with van der Waals surface area (Å²) in [6.45, 7) is 0. The lowest BCUT2D eigenvalue weighted by atomic mass is 9.89. The Morgan fingerprint density at radius 2 is 1.02 bits per heavy atom. The molecule has 0 N–H and O–H groups in total. The molecule has 8 rings (SSSR count). The predicted molar refractivity (Wildman–Crippen MR) is 170 cm³/mol. The molecular weight excluding hydrogens is 498 g/mol. The van der Waals surface area contributed by atoms with Crippen LogP contribution in [0.2, 0.25) is 0 Å². The Morgan fingerprint density at radius 1 is 0.439 bits per heavy atom. The quantitative estimate of drug-likeness (QED) is 0.215. The molecule has 3 heteroatoms. The Labute approximate surface area is 238 Å². The largest absolute Gasteiger partial charge is 0.291 e. The topological polar surface area (TPSA) is 30.7 Å². The van der Waals surface area contributed by atoms with E-state index in [2.05, 4.69) is 149 Å². The van der Waals surface area contributed by atoms with Gasteiger partial charge in [0.05, 0.1) is 16.7 Å². The van der Waals surface area contributed by atoms with Crippen molar-refractivity contribution in [3.63, 3.8) is 0 Å². The standard InChI is InChI=1S/C38H25N3/c1-2-11-27(12-3-1)38-40-34-19-8-9-20-35(34)41(38)37-32-17-6-4-15-30(32)36(31-16-5-7-18-33(31)37)29-14-10-13-28(25-29)26-21-23-39-24-22-26/h1-25H. The molecule has 0 saturated carbocycles. The lowest BCUT2D eigenvalue weighted by Crippen LogP contribution is -2.01. The highest BCUT2D eigenvalue weighted by atomic mass is 15.1. The van der Waals surface area contributed by atoms with Gasteiger partial charge in [0.25, 0.3) is 0 Å². The first kappa shape index (κ1) is 23.4. The molecule has 41 heavy (non-hydrogen) atoms. The fourth-order valence-corrected chi connectivity index (χ4v) is 6.09. The number of para-hydroxylation sites is 2. The van der Waals surface area contributed by atoms with E-state index in [9.17, 15) is 0 Å². The van der Waals surface area contributed by atoms with E-state index in [1.165, 1.54) is 38.2 Å². The molecule has 0 radical (unpaired) electrons. The van der Waals surface area contributed by atoms with Crippen molar-refractivity contribution >= 4 is 32.6 Å². The van der Waals surface area contributed by atoms with Crippen LogP contribution in [0.3, 0.4) is 0 Å². The zero-order valence-corrected chi connectivity index (χ0v) is 22.3. The van der Waals surface area contributed by atoms with Crippen LogP contribution in [-0.2, 0) is 0 Å². The first-order valence-corrected chi connectivity index (χ1v) is 13.8. The van der Waals surface area contributed by atoms with E-state index in [4.69, 9.17) is 4.98 Å². The van der Waals surface area contributed by atoms with Crippen LogP contribution in [0.1, 0.15) is 0 Å². The van der Waals surface area contributed by atoms with Gasteiger partial charge in [-0.2, -0.15) is 0 Å². The van der Waals surface area contributed by atoms with Crippen LogP contribution >= 0.6 is 0 Å². The Bertz CT molecular complexity index is 2140. The highest BCUT2D eigenvalue weighted by Crippen LogP contribution is 2.43. The zero-order chi connectivity index (χ0) is 27.2. The molecule has 8 aromatic rings. The maximum absolute atomic E-state index is 5.16. The van der Waals surface area contributed by atoms with Crippen LogP contribution in [0.15, 0.2) is 152 Å². The summed E-state index contributed by atoms with van der Waals surface area (Å²) in [6.07, 6.45) is 3.70. The highest BCUT2D eigenvalue weighted by Gasteiger charge is 2.21. The molecular formula is C38H25N3. The van der Waals surface area contributed by atoms with Gasteiger partial charge in [0, 0.05) is 28.7 Å². The number of rotatable bonds is 4. The van der Waals surface area contributed by atoms with E-state index in [0.717, 1.165) is 33.7 Å². The number of nitrogens with zero attached hydrogens (tertiary/aromatic N) is 3. The maximum Gasteiger partial charge on any atom is 0.145 e. The molecule has 2 aromatic heterocycles. The van der Waals surface area contributed by atoms with E-state index < -0.39 is 0 Å². The minimum absolute atomic E-state index is 0.939. The van der Waals surface area contributed by atoms with Crippen LogP contribution < -0.4 is 0 Å². The first-order chi connectivity index (χ1) is 20.4. The third kappa shape index (κ3) is 3.82. The van der Waals surface area contributed by atoms with E-state index in [1.807, 2.05) is 12.4 Å². The van der Waals surface area contributed by atoms with Gasteiger partial charge in [0.15, 0.2) is 0 Å². The van der Waals surface area contributed by atoms with Crippen LogP contribution in [0.5, 0.6) is 0 Å². The summed E-state index contributed by atoms with van der Waals surface area (Å²) in [7, 11) is 0. The van der Waals surface area contributed by atoms with Crippen molar-refractivity contribution < 1.29 is 0 Å². The molecule has 0 spiro atoms. The summed E-state index contributed by atoms with van der Waals surface area (Å²) in [5.74, 6) is 0.939. The Balaban J connectivity index is 1.50. The van der Waals surface area contributed by atoms with Gasteiger partial charge in [-0.25, -0.2) is 4.98 Å². The summed E-state index contributed by atoms with van der Waals surface area (Å²) in [5.41, 5.74) is 9.07. The lowest BCUT2D eigenvalue weighted by molar-refractivity contribution is 1.13. The second-order valence-electron chi connectivity index (χ2n) is 10.3. The zero-order valence-electron chi connectivity index (χ0n) is 22.3. The van der Waals surface area contributed by atoms with E-state index >= 15 is 0 Å². The first-order valence-electron chi connectivity index (χ1n) is 13.8. The van der Waals surface area contributed by atoms with Gasteiger partial charge >= 0.3 is 0 Å². The van der Waals surface area contributed by atoms with Gasteiger partial charge in [0.2, 0.25) is 0 Å². The van der Waals surface area contributed by atoms with Crippen LogP contribution in [0.25, 0.3) is 71.9 Å². The number of hydrogen-bond acceptors (Lipinski definition) is 2. The SMILES string of the molecule is c1ccc(-c2nc3ccccc3n2-c2c3ccccc3c(-c3cccc(-c4ccncc4)c3)c3ccccc23)cc1. The Kier molecular flexibility index (Phi) is 5.46. The average molecular weight is 524 g/mol. The normalized spacial score (nSPS) is 11.4. The van der Waals surface area contributed by atoms with Crippen molar-refractivity contribution in [1.82, 2.24) is 14.5 Å². The predicted octanol–water partition coefficient (Wildman–Crippen LogP) is 9.73. The van der Waals surface area contributed by atoms with Crippen molar-refractivity contribution in [2.24, 2.45) is 0 Å². The van der Waals surface area contributed by atoms with Crippen molar-refractivity contribution in [3.05, 3.63) is 152 Å². The minimum Gasteiger partial charge on any atom is -0.291 e. The van der Waals surface area contributed by atoms with Gasteiger partial charge in [-0.1, -0.05) is 109 Å². The van der Waals surface area contributed by atoms with Crippen molar-refractivity contribution in [3.8, 4) is 39.3 Å². The number of pyridine rings is 1. The number of fused-ring (bicyclic) bond motifs is 3. The van der Waals surface area contributed by atoms with Gasteiger partial charge in [-0.3, -0.25) is 9.55 Å². The number of imidazole rings is 1. The average Bonchev–Trinajstić information content (AvgIpc) is 3.44. The van der Waals surface area contributed by atoms with Crippen molar-refractivity contribution in [1.29, 1.82) is 0 Å². The van der Waals surface area contributed by atoms with Crippen LogP contribution in [0, 0.1) is 0 Å². The molecule has 192 valence electrons. The Morgan fingerprint density at radius 3 is 1.76 bits per heavy atom. The van der Waals surface area contributed by atoms with Gasteiger partial charge < -0.3 is 0 Å². The molecule has 0 bridgehead atoms. The molecule has 0 aliphatic carbocycles. The summed E-state index contributed by atoms with van der Waals surface area (Å²) in [4.78, 5) is 9.37. The summed E-state index contributed by atoms with van der Waals surface area (Å²) < 4.78 is 2.35. The van der Waals surface area contributed by atoms with Crippen LogP contribution in [0.4, 0.5) is 0 Å². The fourth-order valence-electron chi connectivity index (χ4n) is 6.09. The molecule has 0 saturated heterocycles. The minimum atomic E-state index is 0.939. The molecule has 0 aliphatic heterocycles. The second kappa shape index (κ2) is 9.58. The molecule has 0 aliphatic rings. The number of aromatic nitrogens is 3.